The van der Waals surface area contributed by atoms with Gasteiger partial charge in [-0.15, -0.1) is 0 Å². The standard InChI is InChI=1S/C20H27N5S/c1-4-23(2)17-7-5-14(6-8-17)15-9-18-19(16-11-22-24(3)12-16)13-25(26)20(18)21-10-15/h9-14,17,26H,4-8H2,1-3H3/t14-,17-. The molecule has 5 nitrogen and oxygen atoms in total. The second-order valence-corrected chi connectivity index (χ2v) is 7.94. The minimum atomic E-state index is 0.610. The zero-order valence-electron chi connectivity index (χ0n) is 15.8. The molecule has 0 amide bonds. The smallest absolute Gasteiger partial charge is 0.150 e. The summed E-state index contributed by atoms with van der Waals surface area (Å²) in [6.45, 7) is 3.37. The number of thiol groups is 1. The minimum absolute atomic E-state index is 0.610. The second kappa shape index (κ2) is 7.08. The van der Waals surface area contributed by atoms with Crippen LogP contribution >= 0.6 is 12.8 Å². The number of pyridine rings is 1. The Balaban J connectivity index is 1.64. The molecule has 0 N–H and O–H groups in total. The van der Waals surface area contributed by atoms with Crippen LogP contribution in [0.4, 0.5) is 0 Å². The zero-order chi connectivity index (χ0) is 18.3. The molecule has 0 aromatic carbocycles. The molecule has 4 rings (SSSR count). The highest BCUT2D eigenvalue weighted by atomic mass is 32.1. The van der Waals surface area contributed by atoms with Gasteiger partial charge in [-0.25, -0.2) is 4.98 Å². The molecule has 3 heterocycles. The summed E-state index contributed by atoms with van der Waals surface area (Å²) in [5.74, 6) is 0.610. The van der Waals surface area contributed by atoms with Crippen LogP contribution in [0.3, 0.4) is 0 Å². The van der Waals surface area contributed by atoms with Crippen molar-refractivity contribution in [1.29, 1.82) is 0 Å². The molecule has 0 aliphatic heterocycles. The predicted molar refractivity (Wildman–Crippen MR) is 110 cm³/mol. The highest BCUT2D eigenvalue weighted by Crippen LogP contribution is 2.37. The van der Waals surface area contributed by atoms with Crippen LogP contribution in [0, 0.1) is 0 Å². The van der Waals surface area contributed by atoms with E-state index in [1.807, 2.05) is 34.3 Å². The summed E-state index contributed by atoms with van der Waals surface area (Å²) in [6.07, 6.45) is 13.1. The van der Waals surface area contributed by atoms with Crippen molar-refractivity contribution in [1.82, 2.24) is 23.6 Å². The van der Waals surface area contributed by atoms with E-state index in [4.69, 9.17) is 4.98 Å². The maximum absolute atomic E-state index is 4.73. The fourth-order valence-corrected chi connectivity index (χ4v) is 4.50. The number of fused-ring (bicyclic) bond motifs is 1. The molecule has 1 fully saturated rings. The van der Waals surface area contributed by atoms with E-state index in [1.54, 1.807) is 0 Å². The summed E-state index contributed by atoms with van der Waals surface area (Å²) in [7, 11) is 4.19. The summed E-state index contributed by atoms with van der Waals surface area (Å²) in [4.78, 5) is 7.21. The summed E-state index contributed by atoms with van der Waals surface area (Å²) in [6, 6.07) is 3.06. The van der Waals surface area contributed by atoms with Crippen molar-refractivity contribution in [3.05, 3.63) is 36.4 Å². The Hall–Kier alpha value is -1.79. The van der Waals surface area contributed by atoms with Crippen molar-refractivity contribution in [2.75, 3.05) is 13.6 Å². The Bertz CT molecular complexity index is 904. The van der Waals surface area contributed by atoms with Crippen molar-refractivity contribution < 1.29 is 0 Å². The summed E-state index contributed by atoms with van der Waals surface area (Å²) in [5.41, 5.74) is 4.53. The van der Waals surface area contributed by atoms with Gasteiger partial charge in [-0.1, -0.05) is 19.7 Å². The highest BCUT2D eigenvalue weighted by molar-refractivity contribution is 7.78. The molecule has 0 bridgehead atoms. The van der Waals surface area contributed by atoms with Crippen LogP contribution < -0.4 is 0 Å². The average molecular weight is 370 g/mol. The number of nitrogens with zero attached hydrogens (tertiary/aromatic N) is 5. The predicted octanol–water partition coefficient (Wildman–Crippen LogP) is 4.11. The lowest BCUT2D eigenvalue weighted by atomic mass is 9.81. The average Bonchev–Trinajstić information content (AvgIpc) is 3.24. The third-order valence-corrected chi connectivity index (χ3v) is 6.26. The maximum atomic E-state index is 4.73. The number of hydrogen-bond donors (Lipinski definition) is 1. The molecule has 0 unspecified atom stereocenters. The Morgan fingerprint density at radius 2 is 1.96 bits per heavy atom. The lowest BCUT2D eigenvalue weighted by molar-refractivity contribution is 0.190. The first-order chi connectivity index (χ1) is 12.6. The van der Waals surface area contributed by atoms with Gasteiger partial charge in [0, 0.05) is 48.2 Å². The van der Waals surface area contributed by atoms with Gasteiger partial charge in [-0.3, -0.25) is 8.65 Å². The first-order valence-electron chi connectivity index (χ1n) is 9.46. The van der Waals surface area contributed by atoms with Crippen molar-refractivity contribution in [2.24, 2.45) is 7.05 Å². The SMILES string of the molecule is CCN(C)[C@H]1CC[C@H](c2cnc3c(c2)c(-c2cnn(C)c2)cn3S)CC1. The lowest BCUT2D eigenvalue weighted by Gasteiger charge is -2.34. The molecule has 3 aromatic rings. The van der Waals surface area contributed by atoms with Crippen molar-refractivity contribution in [2.45, 2.75) is 44.6 Å². The molecule has 0 spiro atoms. The summed E-state index contributed by atoms with van der Waals surface area (Å²) in [5, 5.41) is 5.48. The van der Waals surface area contributed by atoms with Gasteiger partial charge in [0.05, 0.1) is 6.20 Å². The molecule has 0 radical (unpaired) electrons. The molecule has 0 atom stereocenters. The quantitative estimate of drug-likeness (QED) is 0.704. The monoisotopic (exact) mass is 369 g/mol. The fraction of sp³-hybridized carbons (Fsp3) is 0.500. The van der Waals surface area contributed by atoms with Crippen LogP contribution in [0.1, 0.15) is 44.1 Å². The van der Waals surface area contributed by atoms with E-state index in [0.717, 1.165) is 29.4 Å². The van der Waals surface area contributed by atoms with Crippen LogP contribution in [-0.4, -0.2) is 43.3 Å². The zero-order valence-corrected chi connectivity index (χ0v) is 16.7. The molecule has 1 aliphatic carbocycles. The van der Waals surface area contributed by atoms with Crippen LogP contribution in [0.2, 0.25) is 0 Å². The van der Waals surface area contributed by atoms with Gasteiger partial charge in [0.1, 0.15) is 5.65 Å². The Kier molecular flexibility index (Phi) is 4.80. The number of hydrogen-bond acceptors (Lipinski definition) is 4. The van der Waals surface area contributed by atoms with Gasteiger partial charge in [-0.2, -0.15) is 5.10 Å². The van der Waals surface area contributed by atoms with Gasteiger partial charge in [0.15, 0.2) is 0 Å². The molecule has 138 valence electrons. The van der Waals surface area contributed by atoms with Gasteiger partial charge in [-0.05, 0) is 56.8 Å². The van der Waals surface area contributed by atoms with Gasteiger partial charge < -0.3 is 4.90 Å². The Labute approximate surface area is 160 Å². The maximum Gasteiger partial charge on any atom is 0.150 e. The molecule has 1 aliphatic rings. The number of rotatable bonds is 4. The van der Waals surface area contributed by atoms with Gasteiger partial charge in [0.2, 0.25) is 0 Å². The summed E-state index contributed by atoms with van der Waals surface area (Å²) < 4.78 is 3.65. The molecule has 1 saturated carbocycles. The Morgan fingerprint density at radius 1 is 1.19 bits per heavy atom. The molecule has 0 saturated heterocycles. The molecular formula is C20H27N5S. The van der Waals surface area contributed by atoms with E-state index < -0.39 is 0 Å². The molecule has 26 heavy (non-hydrogen) atoms. The van der Waals surface area contributed by atoms with E-state index in [1.165, 1.54) is 36.6 Å². The molecule has 6 heteroatoms. The summed E-state index contributed by atoms with van der Waals surface area (Å²) >= 11 is 4.56. The van der Waals surface area contributed by atoms with E-state index in [0.29, 0.717) is 5.92 Å². The third kappa shape index (κ3) is 3.16. The Morgan fingerprint density at radius 3 is 2.62 bits per heavy atom. The first kappa shape index (κ1) is 17.6. The lowest BCUT2D eigenvalue weighted by Crippen LogP contribution is -2.34. The topological polar surface area (TPSA) is 38.9 Å². The van der Waals surface area contributed by atoms with E-state index in [-0.39, 0.29) is 0 Å². The first-order valence-corrected chi connectivity index (χ1v) is 9.86. The van der Waals surface area contributed by atoms with Crippen LogP contribution in [-0.2, 0) is 7.05 Å². The van der Waals surface area contributed by atoms with Gasteiger partial charge in [0.25, 0.3) is 0 Å². The number of aromatic nitrogens is 4. The van der Waals surface area contributed by atoms with E-state index >= 15 is 0 Å². The second-order valence-electron chi connectivity index (χ2n) is 7.51. The van der Waals surface area contributed by atoms with Crippen molar-refractivity contribution >= 4 is 23.8 Å². The van der Waals surface area contributed by atoms with Crippen LogP contribution in [0.25, 0.3) is 22.2 Å². The molecule has 3 aromatic heterocycles. The van der Waals surface area contributed by atoms with Crippen LogP contribution in [0.5, 0.6) is 0 Å². The normalized spacial score (nSPS) is 21.0. The van der Waals surface area contributed by atoms with E-state index in [9.17, 15) is 0 Å². The minimum Gasteiger partial charge on any atom is -0.304 e. The van der Waals surface area contributed by atoms with Crippen molar-refractivity contribution in [3.8, 4) is 11.1 Å². The van der Waals surface area contributed by atoms with Crippen LogP contribution in [0.15, 0.2) is 30.9 Å². The highest BCUT2D eigenvalue weighted by Gasteiger charge is 2.25. The fourth-order valence-electron chi connectivity index (χ4n) is 4.23. The third-order valence-electron chi connectivity index (χ3n) is 5.95. The van der Waals surface area contributed by atoms with Crippen molar-refractivity contribution in [3.63, 3.8) is 0 Å². The van der Waals surface area contributed by atoms with Gasteiger partial charge >= 0.3 is 0 Å². The molecular weight excluding hydrogens is 342 g/mol. The number of aryl methyl sites for hydroxylation is 1. The largest absolute Gasteiger partial charge is 0.304 e. The van der Waals surface area contributed by atoms with E-state index in [2.05, 4.69) is 49.0 Å².